The molecule has 2 aromatic carbocycles. The van der Waals surface area contributed by atoms with Crippen LogP contribution in [-0.4, -0.2) is 18.2 Å². The van der Waals surface area contributed by atoms with Gasteiger partial charge in [-0.25, -0.2) is 5.43 Å². The summed E-state index contributed by atoms with van der Waals surface area (Å²) in [5, 5.41) is 4.82. The maximum atomic E-state index is 11.9. The fourth-order valence-corrected chi connectivity index (χ4v) is 2.29. The van der Waals surface area contributed by atoms with Crippen molar-refractivity contribution in [3.63, 3.8) is 0 Å². The summed E-state index contributed by atoms with van der Waals surface area (Å²) in [6.07, 6.45) is 0.724. The molecule has 0 radical (unpaired) electrons. The molecule has 0 fully saturated rings. The number of hydrogen-bond acceptors (Lipinski definition) is 3. The second kappa shape index (κ2) is 8.34. The van der Waals surface area contributed by atoms with Crippen LogP contribution in [0, 0.1) is 6.92 Å². The third-order valence-electron chi connectivity index (χ3n) is 3.25. The minimum atomic E-state index is -0.304. The average molecular weight is 331 g/mol. The highest BCUT2D eigenvalue weighted by atomic mass is 35.5. The Morgan fingerprint density at radius 3 is 2.61 bits per heavy atom. The monoisotopic (exact) mass is 330 g/mol. The van der Waals surface area contributed by atoms with Crippen molar-refractivity contribution >= 4 is 23.2 Å². The largest absolute Gasteiger partial charge is 0.483 e. The number of hydrazone groups is 1. The SMILES string of the molecule is CC/C(=N/NC(=O)COc1ccc(Cl)cc1C)c1ccccc1. The Bertz CT molecular complexity index is 699. The van der Waals surface area contributed by atoms with Gasteiger partial charge in [-0.15, -0.1) is 0 Å². The molecule has 0 saturated carbocycles. The van der Waals surface area contributed by atoms with Gasteiger partial charge >= 0.3 is 0 Å². The predicted molar refractivity (Wildman–Crippen MR) is 93.1 cm³/mol. The van der Waals surface area contributed by atoms with Crippen molar-refractivity contribution in [3.8, 4) is 5.75 Å². The van der Waals surface area contributed by atoms with Gasteiger partial charge in [0.1, 0.15) is 5.75 Å². The topological polar surface area (TPSA) is 50.7 Å². The lowest BCUT2D eigenvalue weighted by Gasteiger charge is -2.09. The van der Waals surface area contributed by atoms with Gasteiger partial charge in [-0.05, 0) is 42.7 Å². The molecule has 0 saturated heterocycles. The van der Waals surface area contributed by atoms with E-state index >= 15 is 0 Å². The first-order valence-electron chi connectivity index (χ1n) is 7.40. The van der Waals surface area contributed by atoms with E-state index in [9.17, 15) is 4.79 Å². The molecule has 1 N–H and O–H groups in total. The molecule has 0 bridgehead atoms. The fourth-order valence-electron chi connectivity index (χ4n) is 2.06. The number of carbonyl (C=O) groups excluding carboxylic acids is 1. The van der Waals surface area contributed by atoms with Gasteiger partial charge in [0.25, 0.3) is 5.91 Å². The highest BCUT2D eigenvalue weighted by molar-refractivity contribution is 6.30. The van der Waals surface area contributed by atoms with E-state index in [1.807, 2.05) is 44.2 Å². The molecule has 0 aromatic heterocycles. The molecule has 0 unspecified atom stereocenters. The zero-order chi connectivity index (χ0) is 16.7. The van der Waals surface area contributed by atoms with Gasteiger partial charge in [-0.2, -0.15) is 5.10 Å². The fraction of sp³-hybridized carbons (Fsp3) is 0.222. The Hall–Kier alpha value is -2.33. The van der Waals surface area contributed by atoms with Gasteiger partial charge in [-0.3, -0.25) is 4.79 Å². The van der Waals surface area contributed by atoms with E-state index in [4.69, 9.17) is 16.3 Å². The third kappa shape index (κ3) is 5.11. The van der Waals surface area contributed by atoms with Crippen molar-refractivity contribution in [2.24, 2.45) is 5.10 Å². The lowest BCUT2D eigenvalue weighted by molar-refractivity contribution is -0.123. The van der Waals surface area contributed by atoms with Crippen LogP contribution in [0.15, 0.2) is 53.6 Å². The zero-order valence-corrected chi connectivity index (χ0v) is 13.9. The van der Waals surface area contributed by atoms with E-state index in [1.165, 1.54) is 0 Å². The van der Waals surface area contributed by atoms with Crippen LogP contribution in [0.25, 0.3) is 0 Å². The minimum Gasteiger partial charge on any atom is -0.483 e. The second-order valence-corrected chi connectivity index (χ2v) is 5.45. The maximum Gasteiger partial charge on any atom is 0.277 e. The molecule has 5 heteroatoms. The van der Waals surface area contributed by atoms with Gasteiger partial charge < -0.3 is 4.74 Å². The molecule has 0 heterocycles. The Morgan fingerprint density at radius 1 is 1.22 bits per heavy atom. The van der Waals surface area contributed by atoms with E-state index in [-0.39, 0.29) is 12.5 Å². The summed E-state index contributed by atoms with van der Waals surface area (Å²) < 4.78 is 5.49. The van der Waals surface area contributed by atoms with Crippen LogP contribution in [0.4, 0.5) is 0 Å². The molecule has 2 aromatic rings. The number of halogens is 1. The van der Waals surface area contributed by atoms with E-state index in [0.29, 0.717) is 10.8 Å². The van der Waals surface area contributed by atoms with Crippen LogP contribution in [0.3, 0.4) is 0 Å². The number of rotatable bonds is 6. The summed E-state index contributed by atoms with van der Waals surface area (Å²) in [4.78, 5) is 11.9. The van der Waals surface area contributed by atoms with Crippen LogP contribution >= 0.6 is 11.6 Å². The normalized spacial score (nSPS) is 11.2. The molecule has 0 aliphatic heterocycles. The number of benzene rings is 2. The summed E-state index contributed by atoms with van der Waals surface area (Å²) in [7, 11) is 0. The molecule has 0 aliphatic carbocycles. The zero-order valence-electron chi connectivity index (χ0n) is 13.2. The van der Waals surface area contributed by atoms with Crippen molar-refractivity contribution in [1.82, 2.24) is 5.43 Å². The first-order chi connectivity index (χ1) is 11.1. The maximum absolute atomic E-state index is 11.9. The number of nitrogens with one attached hydrogen (secondary N) is 1. The van der Waals surface area contributed by atoms with Gasteiger partial charge in [0.05, 0.1) is 5.71 Å². The quantitative estimate of drug-likeness (QED) is 0.644. The van der Waals surface area contributed by atoms with Crippen molar-refractivity contribution in [1.29, 1.82) is 0 Å². The lowest BCUT2D eigenvalue weighted by atomic mass is 10.1. The molecular formula is C18H19ClN2O2. The van der Waals surface area contributed by atoms with Crippen molar-refractivity contribution in [2.75, 3.05) is 6.61 Å². The second-order valence-electron chi connectivity index (χ2n) is 5.01. The summed E-state index contributed by atoms with van der Waals surface area (Å²) in [6, 6.07) is 15.0. The molecule has 23 heavy (non-hydrogen) atoms. The molecular weight excluding hydrogens is 312 g/mol. The van der Waals surface area contributed by atoms with Crippen LogP contribution in [-0.2, 0) is 4.79 Å². The number of ether oxygens (including phenoxy) is 1. The average Bonchev–Trinajstić information content (AvgIpc) is 2.55. The van der Waals surface area contributed by atoms with Crippen molar-refractivity contribution < 1.29 is 9.53 Å². The van der Waals surface area contributed by atoms with E-state index in [1.54, 1.807) is 18.2 Å². The van der Waals surface area contributed by atoms with Gasteiger partial charge in [0.15, 0.2) is 6.61 Å². The Balaban J connectivity index is 1.92. The Labute approximate surface area is 141 Å². The number of hydrogen-bond donors (Lipinski definition) is 1. The smallest absolute Gasteiger partial charge is 0.277 e. The molecule has 120 valence electrons. The van der Waals surface area contributed by atoms with Crippen molar-refractivity contribution in [2.45, 2.75) is 20.3 Å². The van der Waals surface area contributed by atoms with Crippen LogP contribution in [0.5, 0.6) is 5.75 Å². The molecule has 0 spiro atoms. The van der Waals surface area contributed by atoms with E-state index in [2.05, 4.69) is 10.5 Å². The first kappa shape index (κ1) is 17.0. The Kier molecular flexibility index (Phi) is 6.18. The molecule has 2 rings (SSSR count). The van der Waals surface area contributed by atoms with Crippen LogP contribution in [0.2, 0.25) is 5.02 Å². The lowest BCUT2D eigenvalue weighted by Crippen LogP contribution is -2.26. The molecule has 1 amide bonds. The minimum absolute atomic E-state index is 0.0994. The van der Waals surface area contributed by atoms with Gasteiger partial charge in [0, 0.05) is 5.02 Å². The van der Waals surface area contributed by atoms with Crippen LogP contribution in [0.1, 0.15) is 24.5 Å². The number of aryl methyl sites for hydroxylation is 1. The van der Waals surface area contributed by atoms with E-state index in [0.717, 1.165) is 23.3 Å². The highest BCUT2D eigenvalue weighted by Crippen LogP contribution is 2.21. The number of carbonyl (C=O) groups is 1. The van der Waals surface area contributed by atoms with Crippen molar-refractivity contribution in [3.05, 3.63) is 64.7 Å². The Morgan fingerprint density at radius 2 is 1.96 bits per heavy atom. The number of amides is 1. The summed E-state index contributed by atoms with van der Waals surface area (Å²) in [5.74, 6) is 0.327. The molecule has 4 nitrogen and oxygen atoms in total. The highest BCUT2D eigenvalue weighted by Gasteiger charge is 2.06. The number of nitrogens with zero attached hydrogens (tertiary/aromatic N) is 1. The summed E-state index contributed by atoms with van der Waals surface area (Å²) >= 11 is 5.89. The summed E-state index contributed by atoms with van der Waals surface area (Å²) in [5.41, 5.74) is 5.22. The van der Waals surface area contributed by atoms with Crippen LogP contribution < -0.4 is 10.2 Å². The first-order valence-corrected chi connectivity index (χ1v) is 7.77. The predicted octanol–water partition coefficient (Wildman–Crippen LogP) is 3.96. The standard InChI is InChI=1S/C18H19ClN2O2/c1-3-16(14-7-5-4-6-8-14)20-21-18(22)12-23-17-10-9-15(19)11-13(17)2/h4-11H,3,12H2,1-2H3,(H,21,22)/b20-16-. The van der Waals surface area contributed by atoms with Gasteiger partial charge in [0.2, 0.25) is 0 Å². The molecule has 0 atom stereocenters. The van der Waals surface area contributed by atoms with E-state index < -0.39 is 0 Å². The van der Waals surface area contributed by atoms with Gasteiger partial charge in [-0.1, -0.05) is 48.9 Å². The summed E-state index contributed by atoms with van der Waals surface area (Å²) in [6.45, 7) is 3.77. The molecule has 0 aliphatic rings. The third-order valence-corrected chi connectivity index (χ3v) is 3.49.